The van der Waals surface area contributed by atoms with E-state index in [4.69, 9.17) is 4.99 Å². The van der Waals surface area contributed by atoms with Crippen LogP contribution in [0.1, 0.15) is 72.6 Å². The lowest BCUT2D eigenvalue weighted by molar-refractivity contribution is 0.245. The molecule has 2 fully saturated rings. The van der Waals surface area contributed by atoms with Crippen molar-refractivity contribution in [3.05, 3.63) is 0 Å². The van der Waals surface area contributed by atoms with E-state index in [-0.39, 0.29) is 5.54 Å². The van der Waals surface area contributed by atoms with Gasteiger partial charge in [0.1, 0.15) is 0 Å². The molecular weight excluding hydrogens is 264 g/mol. The molecular formula is C17H32N2S. The lowest BCUT2D eigenvalue weighted by atomic mass is 9.79. The SMILES string of the molecule is CCC1(C)CCSC(=NCC2(CC(C)C)CCCC2)N1. The largest absolute Gasteiger partial charge is 0.360 e. The molecule has 0 amide bonds. The number of aliphatic imine (C=N–C) groups is 1. The molecule has 0 bridgehead atoms. The fourth-order valence-corrected chi connectivity index (χ4v) is 4.96. The first kappa shape index (κ1) is 16.2. The summed E-state index contributed by atoms with van der Waals surface area (Å²) < 4.78 is 0. The molecule has 1 saturated heterocycles. The lowest BCUT2D eigenvalue weighted by Crippen LogP contribution is -2.48. The maximum absolute atomic E-state index is 5.00. The Labute approximate surface area is 129 Å². The number of nitrogens with one attached hydrogen (secondary N) is 1. The zero-order valence-corrected chi connectivity index (χ0v) is 14.6. The van der Waals surface area contributed by atoms with E-state index in [1.807, 2.05) is 11.8 Å². The molecule has 2 nitrogen and oxygen atoms in total. The predicted octanol–water partition coefficient (Wildman–Crippen LogP) is 4.84. The third-order valence-corrected chi connectivity index (χ3v) is 6.06. The van der Waals surface area contributed by atoms with Crippen molar-refractivity contribution in [3.63, 3.8) is 0 Å². The minimum Gasteiger partial charge on any atom is -0.360 e. The Balaban J connectivity index is 1.99. The van der Waals surface area contributed by atoms with Gasteiger partial charge >= 0.3 is 0 Å². The van der Waals surface area contributed by atoms with Gasteiger partial charge in [-0.05, 0) is 50.4 Å². The van der Waals surface area contributed by atoms with E-state index in [0.29, 0.717) is 5.41 Å². The van der Waals surface area contributed by atoms with Crippen LogP contribution >= 0.6 is 11.8 Å². The van der Waals surface area contributed by atoms with E-state index in [0.717, 1.165) is 12.5 Å². The highest BCUT2D eigenvalue weighted by molar-refractivity contribution is 8.13. The summed E-state index contributed by atoms with van der Waals surface area (Å²) >= 11 is 1.92. The fourth-order valence-electron chi connectivity index (χ4n) is 3.74. The molecule has 2 rings (SSSR count). The van der Waals surface area contributed by atoms with Crippen LogP contribution in [0.4, 0.5) is 0 Å². The molecule has 0 radical (unpaired) electrons. The van der Waals surface area contributed by atoms with Gasteiger partial charge in [0, 0.05) is 17.8 Å². The topological polar surface area (TPSA) is 24.4 Å². The van der Waals surface area contributed by atoms with Crippen LogP contribution in [-0.4, -0.2) is 23.0 Å². The zero-order valence-electron chi connectivity index (χ0n) is 13.8. The molecule has 1 unspecified atom stereocenters. The van der Waals surface area contributed by atoms with E-state index in [1.54, 1.807) is 0 Å². The molecule has 1 aliphatic carbocycles. The van der Waals surface area contributed by atoms with Gasteiger partial charge in [-0.1, -0.05) is 45.4 Å². The molecule has 2 aliphatic rings. The van der Waals surface area contributed by atoms with Gasteiger partial charge in [-0.2, -0.15) is 0 Å². The Bertz CT molecular complexity index is 345. The van der Waals surface area contributed by atoms with E-state index < -0.39 is 0 Å². The van der Waals surface area contributed by atoms with Crippen molar-refractivity contribution in [3.8, 4) is 0 Å². The molecule has 0 aromatic carbocycles. The Kier molecular flexibility index (Phi) is 5.44. The van der Waals surface area contributed by atoms with Crippen LogP contribution in [0.15, 0.2) is 4.99 Å². The van der Waals surface area contributed by atoms with Crippen molar-refractivity contribution in [2.24, 2.45) is 16.3 Å². The normalized spacial score (nSPS) is 31.8. The minimum atomic E-state index is 0.269. The quantitative estimate of drug-likeness (QED) is 0.784. The highest BCUT2D eigenvalue weighted by Gasteiger charge is 2.35. The Morgan fingerprint density at radius 3 is 2.55 bits per heavy atom. The molecule has 1 atom stereocenters. The van der Waals surface area contributed by atoms with Crippen molar-refractivity contribution in [1.29, 1.82) is 0 Å². The number of rotatable bonds is 5. The molecule has 0 aromatic rings. The molecule has 1 heterocycles. The summed E-state index contributed by atoms with van der Waals surface area (Å²) in [6.45, 7) is 10.4. The zero-order chi connectivity index (χ0) is 14.6. The number of nitrogens with zero attached hydrogens (tertiary/aromatic N) is 1. The summed E-state index contributed by atoms with van der Waals surface area (Å²) in [5.74, 6) is 2.01. The summed E-state index contributed by atoms with van der Waals surface area (Å²) in [5.41, 5.74) is 0.772. The van der Waals surface area contributed by atoms with Crippen LogP contribution in [0.2, 0.25) is 0 Å². The van der Waals surface area contributed by atoms with Crippen molar-refractivity contribution < 1.29 is 0 Å². The van der Waals surface area contributed by atoms with Crippen molar-refractivity contribution >= 4 is 16.9 Å². The number of hydrogen-bond acceptors (Lipinski definition) is 2. The van der Waals surface area contributed by atoms with Crippen LogP contribution < -0.4 is 5.32 Å². The van der Waals surface area contributed by atoms with Gasteiger partial charge in [0.15, 0.2) is 5.17 Å². The third-order valence-electron chi connectivity index (χ3n) is 5.15. The number of thioether (sulfide) groups is 1. The molecule has 1 N–H and O–H groups in total. The second-order valence-corrected chi connectivity index (χ2v) is 8.65. The van der Waals surface area contributed by atoms with Crippen molar-refractivity contribution in [2.45, 2.75) is 78.2 Å². The standard InChI is InChI=1S/C17H32N2S/c1-5-16(4)10-11-20-15(19-16)18-13-17(12-14(2)3)8-6-7-9-17/h14H,5-13H2,1-4H3,(H,18,19). The molecule has 0 spiro atoms. The minimum absolute atomic E-state index is 0.269. The van der Waals surface area contributed by atoms with Gasteiger partial charge in [-0.15, -0.1) is 0 Å². The lowest BCUT2D eigenvalue weighted by Gasteiger charge is -2.36. The van der Waals surface area contributed by atoms with Crippen LogP contribution in [0, 0.1) is 11.3 Å². The van der Waals surface area contributed by atoms with Gasteiger partial charge < -0.3 is 5.32 Å². The summed E-state index contributed by atoms with van der Waals surface area (Å²) in [6, 6.07) is 0. The highest BCUT2D eigenvalue weighted by Crippen LogP contribution is 2.43. The maximum Gasteiger partial charge on any atom is 0.156 e. The first-order chi connectivity index (χ1) is 9.47. The van der Waals surface area contributed by atoms with Gasteiger partial charge in [0.25, 0.3) is 0 Å². The fraction of sp³-hybridized carbons (Fsp3) is 0.941. The van der Waals surface area contributed by atoms with E-state index in [2.05, 4.69) is 33.0 Å². The van der Waals surface area contributed by atoms with Crippen LogP contribution in [0.25, 0.3) is 0 Å². The molecule has 1 aliphatic heterocycles. The van der Waals surface area contributed by atoms with Crippen LogP contribution in [0.3, 0.4) is 0 Å². The molecule has 1 saturated carbocycles. The first-order valence-corrected chi connectivity index (χ1v) is 9.41. The van der Waals surface area contributed by atoms with Crippen LogP contribution in [0.5, 0.6) is 0 Å². The second kappa shape index (κ2) is 6.72. The van der Waals surface area contributed by atoms with Crippen molar-refractivity contribution in [1.82, 2.24) is 5.32 Å². The van der Waals surface area contributed by atoms with Gasteiger partial charge in [-0.3, -0.25) is 4.99 Å². The number of amidine groups is 1. The molecule has 0 aromatic heterocycles. The second-order valence-electron chi connectivity index (χ2n) is 7.56. The Hall–Kier alpha value is -0.180. The smallest absolute Gasteiger partial charge is 0.156 e. The van der Waals surface area contributed by atoms with Gasteiger partial charge in [0.05, 0.1) is 0 Å². The monoisotopic (exact) mass is 296 g/mol. The highest BCUT2D eigenvalue weighted by atomic mass is 32.2. The summed E-state index contributed by atoms with van der Waals surface area (Å²) in [7, 11) is 0. The molecule has 116 valence electrons. The third kappa shape index (κ3) is 4.16. The van der Waals surface area contributed by atoms with Crippen molar-refractivity contribution in [2.75, 3.05) is 12.3 Å². The average molecular weight is 297 g/mol. The Morgan fingerprint density at radius 2 is 1.95 bits per heavy atom. The molecule has 3 heteroatoms. The Morgan fingerprint density at radius 1 is 1.25 bits per heavy atom. The van der Waals surface area contributed by atoms with E-state index in [9.17, 15) is 0 Å². The summed E-state index contributed by atoms with van der Waals surface area (Å²) in [4.78, 5) is 5.00. The van der Waals surface area contributed by atoms with E-state index in [1.165, 1.54) is 55.9 Å². The van der Waals surface area contributed by atoms with Crippen LogP contribution in [-0.2, 0) is 0 Å². The van der Waals surface area contributed by atoms with Gasteiger partial charge in [0.2, 0.25) is 0 Å². The number of hydrogen-bond donors (Lipinski definition) is 1. The average Bonchev–Trinajstić information content (AvgIpc) is 2.85. The van der Waals surface area contributed by atoms with E-state index >= 15 is 0 Å². The van der Waals surface area contributed by atoms with Gasteiger partial charge in [-0.25, -0.2) is 0 Å². The predicted molar refractivity (Wildman–Crippen MR) is 91.6 cm³/mol. The summed E-state index contributed by atoms with van der Waals surface area (Å²) in [6.07, 6.45) is 9.37. The maximum atomic E-state index is 5.00. The summed E-state index contributed by atoms with van der Waals surface area (Å²) in [5, 5.41) is 4.89. The molecule has 20 heavy (non-hydrogen) atoms. The first-order valence-electron chi connectivity index (χ1n) is 8.42.